The zero-order chi connectivity index (χ0) is 24.5. The van der Waals surface area contributed by atoms with E-state index in [0.717, 1.165) is 23.1 Å². The van der Waals surface area contributed by atoms with Gasteiger partial charge < -0.3 is 14.2 Å². The van der Waals surface area contributed by atoms with Crippen molar-refractivity contribution >= 4 is 45.9 Å². The third-order valence-corrected chi connectivity index (χ3v) is 6.55. The number of halogens is 2. The molecule has 0 spiro atoms. The van der Waals surface area contributed by atoms with E-state index in [0.29, 0.717) is 38.9 Å². The first-order valence-electron chi connectivity index (χ1n) is 11.3. The standard InChI is InChI=1S/C28H22Cl2N2O3/c1-3-16(2)17-7-10-25-23(14-17)32-28(35-25)18-5-4-6-20(13-18)31-27(33)26-12-11-24(34-26)21-15-19(29)8-9-22(21)30/h4-16H,3H2,1-2H3,(H,31,33)/t16-/m0/s1. The molecule has 1 amide bonds. The zero-order valence-corrected chi connectivity index (χ0v) is 20.7. The van der Waals surface area contributed by atoms with E-state index in [4.69, 9.17) is 32.0 Å². The van der Waals surface area contributed by atoms with Gasteiger partial charge >= 0.3 is 0 Å². The molecule has 0 bridgehead atoms. The number of carbonyl (C=O) groups excluding carboxylic acids is 1. The Balaban J connectivity index is 1.37. The first-order chi connectivity index (χ1) is 16.9. The quantitative estimate of drug-likeness (QED) is 0.250. The second-order valence-corrected chi connectivity index (χ2v) is 9.22. The van der Waals surface area contributed by atoms with Gasteiger partial charge in [-0.1, -0.05) is 49.2 Å². The molecule has 0 aliphatic rings. The third-order valence-electron chi connectivity index (χ3n) is 5.98. The molecule has 2 heterocycles. The molecule has 0 radical (unpaired) electrons. The van der Waals surface area contributed by atoms with Gasteiger partial charge in [0.2, 0.25) is 5.89 Å². The number of fused-ring (bicyclic) bond motifs is 1. The Hall–Kier alpha value is -3.54. The van der Waals surface area contributed by atoms with Crippen molar-refractivity contribution in [2.45, 2.75) is 26.2 Å². The lowest BCUT2D eigenvalue weighted by Crippen LogP contribution is -2.10. The predicted molar refractivity (Wildman–Crippen MR) is 140 cm³/mol. The molecule has 176 valence electrons. The molecule has 0 fully saturated rings. The summed E-state index contributed by atoms with van der Waals surface area (Å²) in [5.41, 5.74) is 4.74. The van der Waals surface area contributed by atoms with E-state index in [1.54, 1.807) is 36.4 Å². The Morgan fingerprint density at radius 3 is 2.69 bits per heavy atom. The van der Waals surface area contributed by atoms with E-state index >= 15 is 0 Å². The van der Waals surface area contributed by atoms with Crippen molar-refractivity contribution in [1.82, 2.24) is 4.98 Å². The van der Waals surface area contributed by atoms with Gasteiger partial charge in [0.25, 0.3) is 5.91 Å². The van der Waals surface area contributed by atoms with Crippen LogP contribution in [0.15, 0.2) is 81.6 Å². The van der Waals surface area contributed by atoms with E-state index in [1.807, 2.05) is 24.3 Å². The van der Waals surface area contributed by atoms with Gasteiger partial charge in [0.05, 0.1) is 5.02 Å². The number of oxazole rings is 1. The van der Waals surface area contributed by atoms with Crippen LogP contribution in [0.3, 0.4) is 0 Å². The number of anilines is 1. The molecule has 5 aromatic rings. The fraction of sp³-hybridized carbons (Fsp3) is 0.143. The monoisotopic (exact) mass is 504 g/mol. The Labute approximate surface area is 212 Å². The highest BCUT2D eigenvalue weighted by Gasteiger charge is 2.16. The van der Waals surface area contributed by atoms with E-state index < -0.39 is 0 Å². The van der Waals surface area contributed by atoms with Crippen molar-refractivity contribution in [3.63, 3.8) is 0 Å². The molecule has 5 rings (SSSR count). The number of nitrogens with zero attached hydrogens (tertiary/aromatic N) is 1. The molecule has 0 aliphatic heterocycles. The van der Waals surface area contributed by atoms with Gasteiger partial charge in [0.15, 0.2) is 11.3 Å². The van der Waals surface area contributed by atoms with Crippen LogP contribution >= 0.6 is 23.2 Å². The van der Waals surface area contributed by atoms with E-state index in [2.05, 4.69) is 36.3 Å². The second kappa shape index (κ2) is 9.61. The Morgan fingerprint density at radius 1 is 1.00 bits per heavy atom. The predicted octanol–water partition coefficient (Wildman–Crippen LogP) is 8.83. The molecule has 0 aliphatic carbocycles. The molecule has 0 unspecified atom stereocenters. The molecule has 1 N–H and O–H groups in total. The highest BCUT2D eigenvalue weighted by Crippen LogP contribution is 2.32. The SMILES string of the molecule is CC[C@H](C)c1ccc2oc(-c3cccc(NC(=O)c4ccc(-c5cc(Cl)ccc5Cl)o4)c3)nc2c1. The summed E-state index contributed by atoms with van der Waals surface area (Å²) in [7, 11) is 0. The summed E-state index contributed by atoms with van der Waals surface area (Å²) in [5, 5.41) is 3.87. The summed E-state index contributed by atoms with van der Waals surface area (Å²) >= 11 is 12.3. The molecule has 35 heavy (non-hydrogen) atoms. The molecule has 5 nitrogen and oxygen atoms in total. The smallest absolute Gasteiger partial charge is 0.291 e. The maximum absolute atomic E-state index is 12.8. The van der Waals surface area contributed by atoms with Crippen LogP contribution in [0.5, 0.6) is 0 Å². The number of benzene rings is 3. The van der Waals surface area contributed by atoms with Crippen LogP contribution in [0.2, 0.25) is 10.0 Å². The van der Waals surface area contributed by atoms with Crippen molar-refractivity contribution in [1.29, 1.82) is 0 Å². The lowest BCUT2D eigenvalue weighted by atomic mass is 9.98. The number of amides is 1. The van der Waals surface area contributed by atoms with Crippen molar-refractivity contribution in [3.8, 4) is 22.8 Å². The number of carbonyl (C=O) groups is 1. The van der Waals surface area contributed by atoms with E-state index in [1.165, 1.54) is 5.56 Å². The number of rotatable bonds is 6. The van der Waals surface area contributed by atoms with Crippen LogP contribution in [-0.4, -0.2) is 10.9 Å². The minimum Gasteiger partial charge on any atom is -0.451 e. The molecular weight excluding hydrogens is 483 g/mol. The summed E-state index contributed by atoms with van der Waals surface area (Å²) in [4.78, 5) is 17.5. The zero-order valence-electron chi connectivity index (χ0n) is 19.1. The molecular formula is C28H22Cl2N2O3. The van der Waals surface area contributed by atoms with Crippen LogP contribution in [0.25, 0.3) is 33.9 Å². The minimum atomic E-state index is -0.387. The van der Waals surface area contributed by atoms with Gasteiger partial charge in [0.1, 0.15) is 11.3 Å². The molecule has 0 saturated carbocycles. The van der Waals surface area contributed by atoms with Crippen molar-refractivity contribution in [2.24, 2.45) is 0 Å². The lowest BCUT2D eigenvalue weighted by molar-refractivity contribution is 0.0997. The van der Waals surface area contributed by atoms with Crippen LogP contribution in [-0.2, 0) is 0 Å². The number of furan rings is 1. The van der Waals surface area contributed by atoms with Gasteiger partial charge in [-0.05, 0) is 78.6 Å². The van der Waals surface area contributed by atoms with Crippen molar-refractivity contribution < 1.29 is 13.6 Å². The first-order valence-corrected chi connectivity index (χ1v) is 12.0. The summed E-state index contributed by atoms with van der Waals surface area (Å²) < 4.78 is 11.7. The largest absolute Gasteiger partial charge is 0.451 e. The number of aromatic nitrogens is 1. The first kappa shape index (κ1) is 23.2. The molecule has 7 heteroatoms. The van der Waals surface area contributed by atoms with Gasteiger partial charge in [0, 0.05) is 21.8 Å². The fourth-order valence-electron chi connectivity index (χ4n) is 3.82. The maximum Gasteiger partial charge on any atom is 0.291 e. The molecule has 0 saturated heterocycles. The number of nitrogens with one attached hydrogen (secondary N) is 1. The topological polar surface area (TPSA) is 68.3 Å². The summed E-state index contributed by atoms with van der Waals surface area (Å²) in [6.45, 7) is 4.36. The Morgan fingerprint density at radius 2 is 1.86 bits per heavy atom. The molecule has 2 aromatic heterocycles. The van der Waals surface area contributed by atoms with Gasteiger partial charge in [-0.15, -0.1) is 0 Å². The summed E-state index contributed by atoms with van der Waals surface area (Å²) in [6.07, 6.45) is 1.06. The van der Waals surface area contributed by atoms with Crippen LogP contribution in [0.1, 0.15) is 42.3 Å². The normalized spacial score (nSPS) is 12.1. The highest BCUT2D eigenvalue weighted by molar-refractivity contribution is 6.35. The molecule has 1 atom stereocenters. The van der Waals surface area contributed by atoms with Crippen LogP contribution in [0, 0.1) is 0 Å². The fourth-order valence-corrected chi connectivity index (χ4v) is 4.21. The second-order valence-electron chi connectivity index (χ2n) is 8.38. The van der Waals surface area contributed by atoms with Gasteiger partial charge in [-0.25, -0.2) is 4.98 Å². The Bertz CT molecular complexity index is 1540. The van der Waals surface area contributed by atoms with Crippen molar-refractivity contribution in [2.75, 3.05) is 5.32 Å². The van der Waals surface area contributed by atoms with E-state index in [-0.39, 0.29) is 11.7 Å². The average Bonchev–Trinajstić information content (AvgIpc) is 3.52. The minimum absolute atomic E-state index is 0.154. The van der Waals surface area contributed by atoms with E-state index in [9.17, 15) is 4.79 Å². The summed E-state index contributed by atoms with van der Waals surface area (Å²) in [5.74, 6) is 1.17. The number of hydrogen-bond acceptors (Lipinski definition) is 4. The van der Waals surface area contributed by atoms with Crippen LogP contribution in [0.4, 0.5) is 5.69 Å². The lowest BCUT2D eigenvalue weighted by Gasteiger charge is -2.07. The van der Waals surface area contributed by atoms with Gasteiger partial charge in [-0.3, -0.25) is 4.79 Å². The van der Waals surface area contributed by atoms with Gasteiger partial charge in [-0.2, -0.15) is 0 Å². The number of hydrogen-bond donors (Lipinski definition) is 1. The Kier molecular flexibility index (Phi) is 6.37. The maximum atomic E-state index is 12.8. The third kappa shape index (κ3) is 4.83. The molecule has 3 aromatic carbocycles. The highest BCUT2D eigenvalue weighted by atomic mass is 35.5. The van der Waals surface area contributed by atoms with Crippen molar-refractivity contribution in [3.05, 3.63) is 94.2 Å². The average molecular weight is 505 g/mol. The van der Waals surface area contributed by atoms with Crippen LogP contribution < -0.4 is 5.32 Å². The summed E-state index contributed by atoms with van der Waals surface area (Å²) in [6, 6.07) is 21.8.